The maximum Gasteiger partial charge on any atom is 0.416 e. The van der Waals surface area contributed by atoms with Gasteiger partial charge >= 0.3 is 6.18 Å². The van der Waals surface area contributed by atoms with Gasteiger partial charge in [-0.15, -0.1) is 0 Å². The molecule has 2 rings (SSSR count). The van der Waals surface area contributed by atoms with Crippen LogP contribution in [-0.2, 0) is 6.18 Å². The average molecular weight is 227 g/mol. The standard InChI is InChI=1S/C10H8F3N3/c11-10(12,13)8-2-1-3-9(6-8)15-16-5-4-14-7-16/h1-7,15H. The number of hydrogen-bond acceptors (Lipinski definition) is 2. The minimum atomic E-state index is -4.33. The molecule has 0 fully saturated rings. The molecule has 0 unspecified atom stereocenters. The Kier molecular flexibility index (Phi) is 2.55. The minimum Gasteiger partial charge on any atom is -0.293 e. The van der Waals surface area contributed by atoms with Gasteiger partial charge in [-0.05, 0) is 18.2 Å². The highest BCUT2D eigenvalue weighted by molar-refractivity contribution is 5.46. The van der Waals surface area contributed by atoms with Crippen molar-refractivity contribution in [2.24, 2.45) is 0 Å². The van der Waals surface area contributed by atoms with E-state index in [1.807, 2.05) is 0 Å². The second-order valence-corrected chi connectivity index (χ2v) is 3.16. The average Bonchev–Trinajstić information content (AvgIpc) is 2.70. The summed E-state index contributed by atoms with van der Waals surface area (Å²) >= 11 is 0. The maximum atomic E-state index is 12.4. The van der Waals surface area contributed by atoms with Crippen LogP contribution in [0.1, 0.15) is 5.56 Å². The third-order valence-corrected chi connectivity index (χ3v) is 1.95. The van der Waals surface area contributed by atoms with Gasteiger partial charge < -0.3 is 0 Å². The first-order valence-corrected chi connectivity index (χ1v) is 4.48. The Balaban J connectivity index is 2.23. The molecule has 84 valence electrons. The summed E-state index contributed by atoms with van der Waals surface area (Å²) in [7, 11) is 0. The minimum absolute atomic E-state index is 0.354. The van der Waals surface area contributed by atoms with Gasteiger partial charge in [-0.25, -0.2) is 4.98 Å². The lowest BCUT2D eigenvalue weighted by Crippen LogP contribution is -2.09. The fourth-order valence-electron chi connectivity index (χ4n) is 1.24. The van der Waals surface area contributed by atoms with Gasteiger partial charge in [-0.2, -0.15) is 13.2 Å². The van der Waals surface area contributed by atoms with Crippen molar-refractivity contribution in [3.05, 3.63) is 48.5 Å². The van der Waals surface area contributed by atoms with Gasteiger partial charge in [-0.1, -0.05) is 6.07 Å². The number of alkyl halides is 3. The lowest BCUT2D eigenvalue weighted by Gasteiger charge is -2.10. The molecule has 1 aromatic carbocycles. The number of anilines is 1. The fraction of sp³-hybridized carbons (Fsp3) is 0.100. The van der Waals surface area contributed by atoms with Crippen LogP contribution < -0.4 is 5.43 Å². The number of halogens is 3. The number of nitrogens with zero attached hydrogens (tertiary/aromatic N) is 2. The smallest absolute Gasteiger partial charge is 0.293 e. The number of hydrogen-bond donors (Lipinski definition) is 1. The number of rotatable bonds is 2. The van der Waals surface area contributed by atoms with Crippen LogP contribution in [0.3, 0.4) is 0 Å². The maximum absolute atomic E-state index is 12.4. The molecular formula is C10H8F3N3. The van der Waals surface area contributed by atoms with Gasteiger partial charge in [0.2, 0.25) is 0 Å². The van der Waals surface area contributed by atoms with E-state index >= 15 is 0 Å². The highest BCUT2D eigenvalue weighted by Crippen LogP contribution is 2.30. The second-order valence-electron chi connectivity index (χ2n) is 3.16. The second kappa shape index (κ2) is 3.88. The Morgan fingerprint density at radius 2 is 2.06 bits per heavy atom. The zero-order chi connectivity index (χ0) is 11.6. The van der Waals surface area contributed by atoms with Crippen LogP contribution >= 0.6 is 0 Å². The van der Waals surface area contributed by atoms with Gasteiger partial charge in [-0.3, -0.25) is 10.1 Å². The molecule has 1 aromatic heterocycles. The van der Waals surface area contributed by atoms with E-state index < -0.39 is 11.7 Å². The molecule has 0 aliphatic carbocycles. The van der Waals surface area contributed by atoms with Crippen molar-refractivity contribution >= 4 is 5.69 Å². The fourth-order valence-corrected chi connectivity index (χ4v) is 1.24. The molecule has 0 saturated heterocycles. The van der Waals surface area contributed by atoms with Gasteiger partial charge in [0.25, 0.3) is 0 Å². The Morgan fingerprint density at radius 1 is 1.25 bits per heavy atom. The SMILES string of the molecule is FC(F)(F)c1cccc(Nn2ccnc2)c1. The predicted octanol–water partition coefficient (Wildman–Crippen LogP) is 2.78. The van der Waals surface area contributed by atoms with E-state index in [0.717, 1.165) is 12.1 Å². The van der Waals surface area contributed by atoms with Crippen LogP contribution in [0.2, 0.25) is 0 Å². The molecule has 16 heavy (non-hydrogen) atoms. The molecule has 0 aliphatic rings. The van der Waals surface area contributed by atoms with Crippen LogP contribution in [0.4, 0.5) is 18.9 Å². The summed E-state index contributed by atoms with van der Waals surface area (Å²) in [5, 5.41) is 0. The highest BCUT2D eigenvalue weighted by Gasteiger charge is 2.30. The molecule has 0 amide bonds. The number of nitrogens with one attached hydrogen (secondary N) is 1. The van der Waals surface area contributed by atoms with E-state index in [0.29, 0.717) is 5.69 Å². The number of aromatic nitrogens is 2. The Morgan fingerprint density at radius 3 is 2.69 bits per heavy atom. The van der Waals surface area contributed by atoms with Crippen LogP contribution in [0.15, 0.2) is 43.0 Å². The molecule has 3 nitrogen and oxygen atoms in total. The Bertz CT molecular complexity index is 462. The molecule has 0 bridgehead atoms. The van der Waals surface area contributed by atoms with Crippen LogP contribution in [0.25, 0.3) is 0 Å². The molecule has 0 spiro atoms. The molecule has 0 atom stereocenters. The molecule has 1 N–H and O–H groups in total. The van der Waals surface area contributed by atoms with E-state index in [9.17, 15) is 13.2 Å². The monoisotopic (exact) mass is 227 g/mol. The quantitative estimate of drug-likeness (QED) is 0.854. The predicted molar refractivity (Wildman–Crippen MR) is 52.7 cm³/mol. The lowest BCUT2D eigenvalue weighted by molar-refractivity contribution is -0.137. The molecule has 1 heterocycles. The lowest BCUT2D eigenvalue weighted by atomic mass is 10.2. The van der Waals surface area contributed by atoms with Crippen molar-refractivity contribution in [2.75, 3.05) is 5.43 Å². The molecular weight excluding hydrogens is 219 g/mol. The van der Waals surface area contributed by atoms with Crippen molar-refractivity contribution in [2.45, 2.75) is 6.18 Å². The van der Waals surface area contributed by atoms with E-state index in [4.69, 9.17) is 0 Å². The van der Waals surface area contributed by atoms with Crippen LogP contribution in [0.5, 0.6) is 0 Å². The third kappa shape index (κ3) is 2.33. The zero-order valence-corrected chi connectivity index (χ0v) is 8.07. The van der Waals surface area contributed by atoms with Crippen LogP contribution in [0, 0.1) is 0 Å². The number of imidazole rings is 1. The molecule has 0 aliphatic heterocycles. The van der Waals surface area contributed by atoms with Crippen molar-refractivity contribution in [1.82, 2.24) is 9.66 Å². The Hall–Kier alpha value is -1.98. The van der Waals surface area contributed by atoms with Crippen molar-refractivity contribution in [3.8, 4) is 0 Å². The van der Waals surface area contributed by atoms with Gasteiger partial charge in [0, 0.05) is 12.4 Å². The summed E-state index contributed by atoms with van der Waals surface area (Å²) in [5.41, 5.74) is 2.42. The first-order chi connectivity index (χ1) is 7.55. The third-order valence-electron chi connectivity index (χ3n) is 1.95. The van der Waals surface area contributed by atoms with Crippen LogP contribution in [-0.4, -0.2) is 9.66 Å². The summed E-state index contributed by atoms with van der Waals surface area (Å²) in [4.78, 5) is 3.77. The molecule has 6 heteroatoms. The highest BCUT2D eigenvalue weighted by atomic mass is 19.4. The Labute approximate surface area is 89.5 Å². The molecule has 2 aromatic rings. The largest absolute Gasteiger partial charge is 0.416 e. The summed E-state index contributed by atoms with van der Waals surface area (Å²) in [5.74, 6) is 0. The van der Waals surface area contributed by atoms with Gasteiger partial charge in [0.15, 0.2) is 0 Å². The first-order valence-electron chi connectivity index (χ1n) is 4.48. The van der Waals surface area contributed by atoms with Crippen molar-refractivity contribution in [1.29, 1.82) is 0 Å². The molecule has 0 radical (unpaired) electrons. The topological polar surface area (TPSA) is 29.9 Å². The van der Waals surface area contributed by atoms with E-state index in [1.54, 1.807) is 12.3 Å². The van der Waals surface area contributed by atoms with Crippen molar-refractivity contribution < 1.29 is 13.2 Å². The number of benzene rings is 1. The van der Waals surface area contributed by atoms with E-state index in [2.05, 4.69) is 10.4 Å². The normalized spacial score (nSPS) is 11.4. The van der Waals surface area contributed by atoms with E-state index in [-0.39, 0.29) is 0 Å². The summed E-state index contributed by atoms with van der Waals surface area (Å²) in [6.07, 6.45) is 0.258. The zero-order valence-electron chi connectivity index (χ0n) is 8.07. The van der Waals surface area contributed by atoms with Gasteiger partial charge in [0.05, 0.1) is 11.3 Å². The van der Waals surface area contributed by atoms with Crippen molar-refractivity contribution in [3.63, 3.8) is 0 Å². The van der Waals surface area contributed by atoms with Gasteiger partial charge in [0.1, 0.15) is 6.33 Å². The first kappa shape index (κ1) is 10.5. The summed E-state index contributed by atoms with van der Waals surface area (Å²) < 4.78 is 38.7. The van der Waals surface area contributed by atoms with E-state index in [1.165, 1.54) is 23.3 Å². The molecule has 0 saturated carbocycles. The summed E-state index contributed by atoms with van der Waals surface area (Å²) in [6.45, 7) is 0. The summed E-state index contributed by atoms with van der Waals surface area (Å²) in [6, 6.07) is 4.97.